The van der Waals surface area contributed by atoms with Gasteiger partial charge in [-0.3, -0.25) is 8.80 Å². The Morgan fingerprint density at radius 2 is 0.696 bits per heavy atom. The Kier molecular flexibility index (Phi) is 4.89. The van der Waals surface area contributed by atoms with Crippen LogP contribution in [0.2, 0.25) is 0 Å². The quantitative estimate of drug-likeness (QED) is 0.133. The maximum Gasteiger partial charge on any atom is 0.146 e. The van der Waals surface area contributed by atoms with Crippen molar-refractivity contribution in [3.63, 3.8) is 0 Å². The van der Waals surface area contributed by atoms with E-state index in [0.717, 1.165) is 43.4 Å². The number of benzene rings is 7. The third kappa shape index (κ3) is 4.85. The van der Waals surface area contributed by atoms with E-state index in [9.17, 15) is 0 Å². The number of imidazole rings is 2. The zero-order valence-electron chi connectivity index (χ0n) is 41.8. The molecule has 0 saturated carbocycles. The lowest BCUT2D eigenvalue weighted by molar-refractivity contribution is 1.27. The lowest BCUT2D eigenvalue weighted by atomic mass is 9.98. The molecule has 4 heterocycles. The predicted octanol–water partition coefficient (Wildman–Crippen LogP) is 13.5. The molecule has 11 aromatic rings. The van der Waals surface area contributed by atoms with Crippen molar-refractivity contribution in [3.8, 4) is 45.0 Å². The summed E-state index contributed by atoms with van der Waals surface area (Å²) in [5, 5.41) is 5.21. The molecule has 0 aliphatic carbocycles. The monoisotopic (exact) mass is 730 g/mol. The molecule has 4 nitrogen and oxygen atoms in total. The minimum atomic E-state index is -2.31. The molecule has 4 aromatic heterocycles. The molecule has 56 heavy (non-hydrogen) atoms. The Labute approximate surface area is 341 Å². The summed E-state index contributed by atoms with van der Waals surface area (Å²) in [5.74, 6) is 0. The zero-order chi connectivity index (χ0) is 47.7. The molecular formula is C52H38N4. The summed E-state index contributed by atoms with van der Waals surface area (Å²) in [6.45, 7) is -9.24. The smallest absolute Gasteiger partial charge is 0.146 e. The number of pyridine rings is 2. The Bertz CT molecular complexity index is 3550. The summed E-state index contributed by atoms with van der Waals surface area (Å²) in [5.41, 5.74) is 9.05. The van der Waals surface area contributed by atoms with E-state index in [4.69, 9.17) is 26.4 Å². The van der Waals surface area contributed by atoms with Gasteiger partial charge in [-0.05, 0) is 62.4 Å². The molecule has 11 rings (SSSR count). The molecule has 0 atom stereocenters. The van der Waals surface area contributed by atoms with Crippen molar-refractivity contribution in [2.75, 3.05) is 0 Å². The standard InChI is InChI=1S/C52H38N4/c1-31-13-21-35(22-14-31)47-49(37-25-17-33(3)18-26-37)55-45-11-7-5-9-39(45)41-30-44-42(29-43(41)51(55)53-47)40-10-6-8-12-46(40)56-50(38-27-19-34(4)20-28-38)48(54-52(44)56)36-23-15-32(2)16-24-36/h5-30H,1-4H3/i1D3,2D3,3D3,4D3. The van der Waals surface area contributed by atoms with Crippen LogP contribution < -0.4 is 0 Å². The summed E-state index contributed by atoms with van der Waals surface area (Å²) in [7, 11) is 0. The number of rotatable bonds is 4. The van der Waals surface area contributed by atoms with Crippen molar-refractivity contribution < 1.29 is 16.4 Å². The van der Waals surface area contributed by atoms with E-state index in [1.807, 2.05) is 36.4 Å². The van der Waals surface area contributed by atoms with Crippen LogP contribution in [-0.2, 0) is 0 Å². The molecule has 7 aromatic carbocycles. The van der Waals surface area contributed by atoms with Gasteiger partial charge in [-0.25, -0.2) is 9.97 Å². The minimum Gasteiger partial charge on any atom is -0.291 e. The predicted molar refractivity (Wildman–Crippen MR) is 235 cm³/mol. The lowest BCUT2D eigenvalue weighted by Gasteiger charge is -2.15. The normalized spacial score (nSPS) is 16.0. The van der Waals surface area contributed by atoms with Crippen LogP contribution in [0.25, 0.3) is 99.7 Å². The number of hydrogen-bond donors (Lipinski definition) is 0. The molecule has 266 valence electrons. The van der Waals surface area contributed by atoms with E-state index in [1.165, 1.54) is 0 Å². The van der Waals surface area contributed by atoms with E-state index >= 15 is 0 Å². The van der Waals surface area contributed by atoms with Gasteiger partial charge in [0.2, 0.25) is 0 Å². The van der Waals surface area contributed by atoms with Crippen molar-refractivity contribution in [2.24, 2.45) is 0 Å². The average Bonchev–Trinajstić information content (AvgIpc) is 3.92. The number of para-hydroxylation sites is 2. The molecule has 0 spiro atoms. The van der Waals surface area contributed by atoms with Gasteiger partial charge in [0, 0.05) is 60.2 Å². The maximum atomic E-state index is 8.05. The number of aromatic nitrogens is 4. The van der Waals surface area contributed by atoms with E-state index < -0.39 is 27.4 Å². The molecule has 0 aliphatic heterocycles. The molecule has 0 saturated heterocycles. The van der Waals surface area contributed by atoms with Crippen molar-refractivity contribution in [1.29, 1.82) is 0 Å². The highest BCUT2D eigenvalue weighted by Gasteiger charge is 2.24. The summed E-state index contributed by atoms with van der Waals surface area (Å²) >= 11 is 0. The van der Waals surface area contributed by atoms with Gasteiger partial charge in [-0.1, -0.05) is 156 Å². The summed E-state index contributed by atoms with van der Waals surface area (Å²) in [6, 6.07) is 47.2. The molecule has 0 unspecified atom stereocenters. The first kappa shape index (κ1) is 22.4. The second-order valence-corrected chi connectivity index (χ2v) is 14.2. The van der Waals surface area contributed by atoms with Crippen molar-refractivity contribution >= 4 is 54.6 Å². The number of hydrogen-bond acceptors (Lipinski definition) is 2. The molecule has 4 heteroatoms. The number of nitrogens with zero attached hydrogens (tertiary/aromatic N) is 4. The second kappa shape index (κ2) is 12.2. The minimum absolute atomic E-state index is 0.194. The molecule has 0 fully saturated rings. The molecule has 0 radical (unpaired) electrons. The average molecular weight is 731 g/mol. The Balaban J connectivity index is 1.26. The first-order valence-corrected chi connectivity index (χ1v) is 18.3. The largest absolute Gasteiger partial charge is 0.291 e. The Hall–Kier alpha value is -7.04. The molecule has 0 N–H and O–H groups in total. The SMILES string of the molecule is [2H]C([2H])([2H])c1ccc(-c2nc3c4cc5c6ccccc6n6c(-c7ccc(C([2H])([2H])[2H])cc7)c(-c7ccc(C([2H])([2H])[2H])cc7)nc6c5cc4c4ccccc4n3c2-c2ccc(C([2H])([2H])[2H])cc2)cc1. The third-order valence-electron chi connectivity index (χ3n) is 10.9. The third-order valence-corrected chi connectivity index (χ3v) is 10.9. The number of aryl methyl sites for hydroxylation is 4. The van der Waals surface area contributed by atoms with Crippen molar-refractivity contribution in [3.05, 3.63) is 180 Å². The van der Waals surface area contributed by atoms with Crippen molar-refractivity contribution in [2.45, 2.75) is 27.4 Å². The van der Waals surface area contributed by atoms with Gasteiger partial charge in [-0.2, -0.15) is 0 Å². The summed E-state index contributed by atoms with van der Waals surface area (Å²) in [6.07, 6.45) is 0. The van der Waals surface area contributed by atoms with Gasteiger partial charge in [0.1, 0.15) is 11.3 Å². The highest BCUT2D eigenvalue weighted by molar-refractivity contribution is 6.23. The van der Waals surface area contributed by atoms with E-state index in [2.05, 4.69) is 33.1 Å². The molecule has 0 amide bonds. The van der Waals surface area contributed by atoms with E-state index in [1.54, 1.807) is 97.1 Å². The van der Waals surface area contributed by atoms with Crippen LogP contribution in [-0.4, -0.2) is 18.8 Å². The summed E-state index contributed by atoms with van der Waals surface area (Å²) < 4.78 is 101. The summed E-state index contributed by atoms with van der Waals surface area (Å²) in [4.78, 5) is 10.8. The first-order valence-electron chi connectivity index (χ1n) is 24.3. The van der Waals surface area contributed by atoms with Crippen LogP contribution in [0.3, 0.4) is 0 Å². The fourth-order valence-corrected chi connectivity index (χ4v) is 8.33. The van der Waals surface area contributed by atoms with Gasteiger partial charge in [-0.15, -0.1) is 0 Å². The second-order valence-electron chi connectivity index (χ2n) is 14.2. The van der Waals surface area contributed by atoms with Crippen molar-refractivity contribution in [1.82, 2.24) is 18.8 Å². The topological polar surface area (TPSA) is 34.6 Å². The maximum absolute atomic E-state index is 8.05. The van der Waals surface area contributed by atoms with Crippen LogP contribution in [0.4, 0.5) is 0 Å². The molecule has 0 bridgehead atoms. The van der Waals surface area contributed by atoms with Crippen LogP contribution in [0.1, 0.15) is 38.7 Å². The highest BCUT2D eigenvalue weighted by atomic mass is 15.0. The van der Waals surface area contributed by atoms with Gasteiger partial charge >= 0.3 is 0 Å². The molecular weight excluding hydrogens is 681 g/mol. The van der Waals surface area contributed by atoms with E-state index in [0.29, 0.717) is 56.3 Å². The van der Waals surface area contributed by atoms with Gasteiger partial charge in [0.25, 0.3) is 0 Å². The van der Waals surface area contributed by atoms with Crippen LogP contribution in [0.5, 0.6) is 0 Å². The molecule has 0 aliphatic rings. The van der Waals surface area contributed by atoms with E-state index in [-0.39, 0.29) is 22.3 Å². The fraction of sp³-hybridized carbons (Fsp3) is 0.0769. The number of fused-ring (bicyclic) bond motifs is 12. The van der Waals surface area contributed by atoms with Gasteiger partial charge in [0.15, 0.2) is 0 Å². The van der Waals surface area contributed by atoms with Gasteiger partial charge in [0.05, 0.1) is 33.8 Å². The Morgan fingerprint density at radius 3 is 1.05 bits per heavy atom. The van der Waals surface area contributed by atoms with Gasteiger partial charge < -0.3 is 0 Å². The Morgan fingerprint density at radius 1 is 0.357 bits per heavy atom. The first-order chi connectivity index (χ1) is 32.3. The van der Waals surface area contributed by atoms with Crippen LogP contribution in [0.15, 0.2) is 158 Å². The lowest BCUT2D eigenvalue weighted by Crippen LogP contribution is -1.97. The van der Waals surface area contributed by atoms with Crippen LogP contribution >= 0.6 is 0 Å². The van der Waals surface area contributed by atoms with Crippen LogP contribution in [0, 0.1) is 27.4 Å². The fourth-order valence-electron chi connectivity index (χ4n) is 8.33. The highest BCUT2D eigenvalue weighted by Crippen LogP contribution is 2.44. The zero-order valence-corrected chi connectivity index (χ0v) is 29.8.